The quantitative estimate of drug-likeness (QED) is 0.387. The molecule has 0 aliphatic rings. The van der Waals surface area contributed by atoms with Gasteiger partial charge >= 0.3 is 38.0 Å². The molecule has 0 fully saturated rings. The van der Waals surface area contributed by atoms with E-state index in [2.05, 4.69) is 23.3 Å². The van der Waals surface area contributed by atoms with Gasteiger partial charge in [-0.2, -0.15) is 0 Å². The van der Waals surface area contributed by atoms with E-state index in [0.717, 1.165) is 0 Å². The summed E-state index contributed by atoms with van der Waals surface area (Å²) in [6, 6.07) is 0. The van der Waals surface area contributed by atoms with E-state index in [9.17, 15) is 0 Å². The van der Waals surface area contributed by atoms with E-state index in [0.29, 0.717) is 0 Å². The number of hydrogen-bond donors (Lipinski definition) is 0. The van der Waals surface area contributed by atoms with Crippen LogP contribution in [0.2, 0.25) is 0 Å². The molecule has 0 spiro atoms. The SMILES string of the molecule is [S-]SS[S-].[V+5].[Zn+2]. The molecule has 0 saturated carbocycles. The first-order valence-corrected chi connectivity index (χ1v) is 4.50. The monoisotopic (exact) mass is 243 g/mol. The van der Waals surface area contributed by atoms with Crippen LogP contribution in [-0.2, 0) is 61.4 Å². The summed E-state index contributed by atoms with van der Waals surface area (Å²) in [4.78, 5) is 0. The van der Waals surface area contributed by atoms with Crippen LogP contribution in [0.4, 0.5) is 0 Å². The molecule has 6 heteroatoms. The Morgan fingerprint density at radius 2 is 1.17 bits per heavy atom. The van der Waals surface area contributed by atoms with Gasteiger partial charge in [0.25, 0.3) is 0 Å². The first-order valence-electron chi connectivity index (χ1n) is 0.500. The van der Waals surface area contributed by atoms with Crippen molar-refractivity contribution in [3.05, 3.63) is 0 Å². The Morgan fingerprint density at radius 1 is 1.00 bits per heavy atom. The largest absolute Gasteiger partial charge is 5.00 e. The predicted octanol–water partition coefficient (Wildman–Crippen LogP) is 1.29. The molecule has 0 rings (SSSR count). The molecule has 0 unspecified atom stereocenters. The molecule has 0 aliphatic heterocycles. The molecule has 0 aliphatic carbocycles. The van der Waals surface area contributed by atoms with Crippen LogP contribution in [0.15, 0.2) is 0 Å². The zero-order valence-electron chi connectivity index (χ0n) is 2.79. The molecule has 0 amide bonds. The van der Waals surface area contributed by atoms with Crippen molar-refractivity contribution in [3.8, 4) is 0 Å². The number of rotatable bonds is 1. The molecule has 0 radical (unpaired) electrons. The van der Waals surface area contributed by atoms with Crippen LogP contribution in [0.25, 0.3) is 0 Å². The molecule has 26 valence electrons. The Hall–Kier alpha value is 2.61. The van der Waals surface area contributed by atoms with Gasteiger partial charge in [0.1, 0.15) is 0 Å². The van der Waals surface area contributed by atoms with Gasteiger partial charge < -0.3 is 23.3 Å². The fourth-order valence-electron chi connectivity index (χ4n) is 0. The topological polar surface area (TPSA) is 0 Å². The summed E-state index contributed by atoms with van der Waals surface area (Å²) in [5, 5.41) is 0. The fraction of sp³-hybridized carbons (Fsp3) is 0. The van der Waals surface area contributed by atoms with E-state index in [1.165, 1.54) is 19.7 Å². The van der Waals surface area contributed by atoms with Crippen molar-refractivity contribution < 1.29 is 38.0 Å². The average Bonchev–Trinajstić information content (AvgIpc) is 1.37. The van der Waals surface area contributed by atoms with Crippen molar-refractivity contribution in [2.24, 2.45) is 0 Å². The Morgan fingerprint density at radius 3 is 1.17 bits per heavy atom. The zero-order chi connectivity index (χ0) is 3.41. The summed E-state index contributed by atoms with van der Waals surface area (Å²) in [6.07, 6.45) is 0. The second kappa shape index (κ2) is 15.6. The van der Waals surface area contributed by atoms with Gasteiger partial charge in [0.2, 0.25) is 0 Å². The molecule has 0 bridgehead atoms. The summed E-state index contributed by atoms with van der Waals surface area (Å²) < 4.78 is 0. The van der Waals surface area contributed by atoms with Gasteiger partial charge in [0.15, 0.2) is 0 Å². The standard InChI is InChI=1S/H2S4.V.Zn/c1-3-4-2;;/h1-2H;;/q;+5;+2/p-2. The van der Waals surface area contributed by atoms with Crippen molar-refractivity contribution in [2.45, 2.75) is 0 Å². The van der Waals surface area contributed by atoms with Crippen LogP contribution in [0.3, 0.4) is 0 Å². The second-order valence-corrected chi connectivity index (χ2v) is 3.67. The maximum atomic E-state index is 4.33. The van der Waals surface area contributed by atoms with E-state index in [4.69, 9.17) is 0 Å². The minimum absolute atomic E-state index is 0. The zero-order valence-corrected chi connectivity index (χ0v) is 10.4. The minimum atomic E-state index is 0. The molecule has 6 heavy (non-hydrogen) atoms. The van der Waals surface area contributed by atoms with Crippen LogP contribution in [0, 0.1) is 0 Å². The van der Waals surface area contributed by atoms with Crippen molar-refractivity contribution in [3.63, 3.8) is 0 Å². The van der Waals surface area contributed by atoms with Crippen molar-refractivity contribution >= 4 is 43.0 Å². The van der Waals surface area contributed by atoms with Crippen LogP contribution < -0.4 is 0 Å². The van der Waals surface area contributed by atoms with Gasteiger partial charge in [-0.05, 0) is 0 Å². The molecule has 0 aromatic heterocycles. The van der Waals surface area contributed by atoms with E-state index in [1.807, 2.05) is 0 Å². The molecule has 0 aromatic carbocycles. The van der Waals surface area contributed by atoms with E-state index < -0.39 is 0 Å². The van der Waals surface area contributed by atoms with E-state index in [1.54, 1.807) is 0 Å². The molecular weight excluding hydrogens is 245 g/mol. The van der Waals surface area contributed by atoms with Crippen LogP contribution in [0.1, 0.15) is 0 Å². The van der Waals surface area contributed by atoms with Crippen molar-refractivity contribution in [2.75, 3.05) is 0 Å². The Bertz CT molecular complexity index is 9.51. The van der Waals surface area contributed by atoms with Crippen molar-refractivity contribution in [1.82, 2.24) is 0 Å². The van der Waals surface area contributed by atoms with Gasteiger partial charge in [0, 0.05) is 0 Å². The van der Waals surface area contributed by atoms with Gasteiger partial charge in [0.05, 0.1) is 0 Å². The molecular formula is S4VZn+5. The first kappa shape index (κ1) is 15.8. The third-order valence-electron chi connectivity index (χ3n) is 0.0278. The van der Waals surface area contributed by atoms with Gasteiger partial charge in [-0.1, -0.05) is 0 Å². The maximum Gasteiger partial charge on any atom is 5.00 e. The van der Waals surface area contributed by atoms with Crippen LogP contribution in [0.5, 0.6) is 0 Å². The third-order valence-corrected chi connectivity index (χ3v) is 2.25. The van der Waals surface area contributed by atoms with E-state index >= 15 is 0 Å². The smallest absolute Gasteiger partial charge is 0.709 e. The fourth-order valence-corrected chi connectivity index (χ4v) is 0. The molecule has 0 aromatic rings. The number of hydrogen-bond acceptors (Lipinski definition) is 4. The van der Waals surface area contributed by atoms with Gasteiger partial charge in [-0.3, -0.25) is 19.7 Å². The third kappa shape index (κ3) is 16.0. The summed E-state index contributed by atoms with van der Waals surface area (Å²) in [7, 11) is 2.34. The minimum Gasteiger partial charge on any atom is -0.709 e. The summed E-state index contributed by atoms with van der Waals surface area (Å²) in [5.41, 5.74) is 0. The summed E-state index contributed by atoms with van der Waals surface area (Å²) in [6.45, 7) is 0. The first-order chi connectivity index (χ1) is 1.91. The van der Waals surface area contributed by atoms with Gasteiger partial charge in [-0.15, -0.1) is 0 Å². The molecule has 0 N–H and O–H groups in total. The van der Waals surface area contributed by atoms with Crippen LogP contribution >= 0.6 is 19.7 Å². The molecule has 0 nitrogen and oxygen atoms in total. The summed E-state index contributed by atoms with van der Waals surface area (Å²) >= 11 is 8.66. The Balaban J connectivity index is -0.0000000450. The van der Waals surface area contributed by atoms with Crippen LogP contribution in [-0.4, -0.2) is 0 Å². The molecule has 0 saturated heterocycles. The molecule has 0 atom stereocenters. The Kier molecular flexibility index (Phi) is 41.3. The second-order valence-electron chi connectivity index (χ2n) is 0.136. The van der Waals surface area contributed by atoms with Gasteiger partial charge in [-0.25, -0.2) is 0 Å². The predicted molar refractivity (Wildman–Crippen MR) is 29.9 cm³/mol. The average molecular weight is 245 g/mol. The van der Waals surface area contributed by atoms with E-state index in [-0.39, 0.29) is 38.0 Å². The summed E-state index contributed by atoms with van der Waals surface area (Å²) in [5.74, 6) is 0. The normalized spacial score (nSPS) is 5.00. The Labute approximate surface area is 80.0 Å². The van der Waals surface area contributed by atoms with Crippen molar-refractivity contribution in [1.29, 1.82) is 0 Å². The molecule has 0 heterocycles. The maximum absolute atomic E-state index is 4.33.